The van der Waals surface area contributed by atoms with Crippen molar-refractivity contribution in [2.45, 2.75) is 32.6 Å². The molecule has 0 spiro atoms. The van der Waals surface area contributed by atoms with Gasteiger partial charge in [0, 0.05) is 44.5 Å². The largest absolute Gasteiger partial charge is 0.593 e. The first kappa shape index (κ1) is 19.6. The van der Waals surface area contributed by atoms with Crippen molar-refractivity contribution in [2.24, 2.45) is 5.11 Å². The standard InChI is InChI=1S/C17H24N4O3/c1-3-4-5-11-20(12-6-13-24-2)17(22)15-7-9-16(10-8-15)21(23)19-14-18/h7-10H,3-6,11-13H2,1-2H3. The van der Waals surface area contributed by atoms with Gasteiger partial charge in [0.05, 0.1) is 5.11 Å². The highest BCUT2D eigenvalue weighted by Gasteiger charge is 2.16. The number of carbonyl (C=O) groups is 1. The van der Waals surface area contributed by atoms with E-state index in [9.17, 15) is 10.0 Å². The Labute approximate surface area is 142 Å². The summed E-state index contributed by atoms with van der Waals surface area (Å²) < 4.78 is 5.05. The molecule has 0 saturated carbocycles. The third kappa shape index (κ3) is 6.34. The summed E-state index contributed by atoms with van der Waals surface area (Å²) in [6, 6.07) is 6.14. The van der Waals surface area contributed by atoms with Gasteiger partial charge in [-0.15, -0.1) is 0 Å². The number of nitriles is 1. The summed E-state index contributed by atoms with van der Waals surface area (Å²) in [6.45, 7) is 4.07. The molecule has 0 heterocycles. The van der Waals surface area contributed by atoms with Gasteiger partial charge in [-0.25, -0.2) is 0 Å². The number of rotatable bonds is 10. The Kier molecular flexibility index (Phi) is 9.09. The summed E-state index contributed by atoms with van der Waals surface area (Å²) in [5.41, 5.74) is 0.725. The average molecular weight is 332 g/mol. The summed E-state index contributed by atoms with van der Waals surface area (Å²) in [6.07, 6.45) is 5.34. The lowest BCUT2D eigenvalue weighted by Gasteiger charge is -2.22. The van der Waals surface area contributed by atoms with Gasteiger partial charge in [-0.2, -0.15) is 5.26 Å². The maximum absolute atomic E-state index is 12.7. The van der Waals surface area contributed by atoms with E-state index in [0.717, 1.165) is 25.7 Å². The lowest BCUT2D eigenvalue weighted by atomic mass is 10.1. The molecule has 0 radical (unpaired) electrons. The van der Waals surface area contributed by atoms with Gasteiger partial charge in [-0.1, -0.05) is 19.8 Å². The minimum atomic E-state index is -0.0663. The smallest absolute Gasteiger partial charge is 0.274 e. The molecular weight excluding hydrogens is 308 g/mol. The fraction of sp³-hybridized carbons (Fsp3) is 0.529. The molecule has 0 bridgehead atoms. The Bertz CT molecular complexity index is 568. The van der Waals surface area contributed by atoms with Crippen LogP contribution in [0.5, 0.6) is 0 Å². The van der Waals surface area contributed by atoms with Gasteiger partial charge in [0.2, 0.25) is 5.69 Å². The summed E-state index contributed by atoms with van der Waals surface area (Å²) in [4.78, 5) is 14.7. The number of carbonyl (C=O) groups excluding carboxylic acids is 1. The van der Waals surface area contributed by atoms with E-state index in [1.54, 1.807) is 19.2 Å². The predicted molar refractivity (Wildman–Crippen MR) is 89.7 cm³/mol. The highest BCUT2D eigenvalue weighted by molar-refractivity contribution is 5.94. The summed E-state index contributed by atoms with van der Waals surface area (Å²) in [7, 11) is 1.64. The van der Waals surface area contributed by atoms with E-state index < -0.39 is 0 Å². The van der Waals surface area contributed by atoms with E-state index in [2.05, 4.69) is 12.0 Å². The fourth-order valence-electron chi connectivity index (χ4n) is 2.28. The van der Waals surface area contributed by atoms with Crippen molar-refractivity contribution in [3.8, 4) is 6.19 Å². The van der Waals surface area contributed by atoms with E-state index in [1.807, 2.05) is 4.90 Å². The van der Waals surface area contributed by atoms with Crippen LogP contribution < -0.4 is 0 Å². The van der Waals surface area contributed by atoms with Gasteiger partial charge < -0.3 is 14.8 Å². The van der Waals surface area contributed by atoms with Crippen molar-refractivity contribution in [1.29, 1.82) is 5.26 Å². The monoisotopic (exact) mass is 332 g/mol. The number of methoxy groups -OCH3 is 1. The molecule has 24 heavy (non-hydrogen) atoms. The number of nitrogens with zero attached hydrogens (tertiary/aromatic N) is 4. The number of azo groups is 1. The van der Waals surface area contributed by atoms with Crippen molar-refractivity contribution in [1.82, 2.24) is 4.90 Å². The van der Waals surface area contributed by atoms with Crippen LogP contribution in [0.4, 0.5) is 5.69 Å². The van der Waals surface area contributed by atoms with Crippen LogP contribution >= 0.6 is 0 Å². The minimum Gasteiger partial charge on any atom is -0.593 e. The van der Waals surface area contributed by atoms with Gasteiger partial charge in [-0.3, -0.25) is 4.79 Å². The van der Waals surface area contributed by atoms with E-state index in [0.29, 0.717) is 25.3 Å². The Morgan fingerprint density at radius 1 is 1.29 bits per heavy atom. The summed E-state index contributed by atoms with van der Waals surface area (Å²) >= 11 is 0. The third-order valence-electron chi connectivity index (χ3n) is 3.57. The summed E-state index contributed by atoms with van der Waals surface area (Å²) in [5.74, 6) is -0.0663. The number of unbranched alkanes of at least 4 members (excludes halogenated alkanes) is 2. The molecule has 0 aliphatic rings. The zero-order valence-corrected chi connectivity index (χ0v) is 14.3. The molecule has 0 fully saturated rings. The molecule has 1 rings (SSSR count). The maximum Gasteiger partial charge on any atom is 0.274 e. The van der Waals surface area contributed by atoms with Gasteiger partial charge in [0.1, 0.15) is 0 Å². The fourth-order valence-corrected chi connectivity index (χ4v) is 2.28. The van der Waals surface area contributed by atoms with Crippen molar-refractivity contribution < 1.29 is 14.4 Å². The predicted octanol–water partition coefficient (Wildman–Crippen LogP) is 3.43. The molecule has 0 aliphatic heterocycles. The Morgan fingerprint density at radius 3 is 2.54 bits per heavy atom. The van der Waals surface area contributed by atoms with Gasteiger partial charge >= 0.3 is 0 Å². The van der Waals surface area contributed by atoms with Crippen LogP contribution in [0.2, 0.25) is 0 Å². The third-order valence-corrected chi connectivity index (χ3v) is 3.57. The van der Waals surface area contributed by atoms with E-state index in [1.165, 1.54) is 18.3 Å². The lowest BCUT2D eigenvalue weighted by Crippen LogP contribution is -2.33. The molecule has 7 heteroatoms. The highest BCUT2D eigenvalue weighted by Crippen LogP contribution is 2.15. The minimum absolute atomic E-state index is 0.0663. The van der Waals surface area contributed by atoms with Crippen LogP contribution in [0.15, 0.2) is 29.4 Å². The second-order valence-electron chi connectivity index (χ2n) is 5.37. The Balaban J connectivity index is 2.80. The topological polar surface area (TPSA) is 91.8 Å². The molecule has 0 N–H and O–H groups in total. The van der Waals surface area contributed by atoms with E-state index >= 15 is 0 Å². The van der Waals surface area contributed by atoms with E-state index in [4.69, 9.17) is 10.00 Å². The van der Waals surface area contributed by atoms with Crippen molar-refractivity contribution in [2.75, 3.05) is 26.8 Å². The van der Waals surface area contributed by atoms with Crippen LogP contribution in [0.25, 0.3) is 0 Å². The molecule has 7 nitrogen and oxygen atoms in total. The molecule has 0 aliphatic carbocycles. The molecule has 0 unspecified atom stereocenters. The lowest BCUT2D eigenvalue weighted by molar-refractivity contribution is -0.435. The Hall–Kier alpha value is -2.46. The zero-order chi connectivity index (χ0) is 17.8. The maximum atomic E-state index is 12.7. The SMILES string of the molecule is CCCCCN(CCCOC)C(=O)c1ccc([N+]([O-])=NC#N)cc1. The second-order valence-corrected chi connectivity index (χ2v) is 5.37. The molecule has 1 amide bonds. The van der Waals surface area contributed by atoms with Gasteiger partial charge in [-0.05, 0) is 29.8 Å². The van der Waals surface area contributed by atoms with Crippen molar-refractivity contribution in [3.63, 3.8) is 0 Å². The van der Waals surface area contributed by atoms with Gasteiger partial charge in [0.15, 0.2) is 0 Å². The number of hydrogen-bond donors (Lipinski definition) is 0. The number of benzene rings is 1. The van der Waals surface area contributed by atoms with Crippen LogP contribution in [0.1, 0.15) is 43.0 Å². The second kappa shape index (κ2) is 11.1. The first-order chi connectivity index (χ1) is 11.6. The van der Waals surface area contributed by atoms with Crippen LogP contribution in [0.3, 0.4) is 0 Å². The van der Waals surface area contributed by atoms with Gasteiger partial charge in [0.25, 0.3) is 12.1 Å². The molecular formula is C17H24N4O3. The van der Waals surface area contributed by atoms with Crippen LogP contribution in [0, 0.1) is 16.7 Å². The quantitative estimate of drug-likeness (QED) is 0.216. The molecule has 0 atom stereocenters. The van der Waals surface area contributed by atoms with Crippen LogP contribution in [-0.2, 0) is 4.74 Å². The highest BCUT2D eigenvalue weighted by atomic mass is 16.5. The zero-order valence-electron chi connectivity index (χ0n) is 14.3. The van der Waals surface area contributed by atoms with Crippen molar-refractivity contribution in [3.05, 3.63) is 35.0 Å². The average Bonchev–Trinajstić information content (AvgIpc) is 2.60. The first-order valence-electron chi connectivity index (χ1n) is 8.09. The summed E-state index contributed by atoms with van der Waals surface area (Å²) in [5, 5.41) is 22.9. The number of amides is 1. The molecule has 1 aromatic carbocycles. The normalized spacial score (nSPS) is 11.1. The molecule has 1 aromatic rings. The number of ether oxygens (including phenoxy) is 1. The number of hydrogen-bond acceptors (Lipinski definition) is 5. The van der Waals surface area contributed by atoms with Crippen molar-refractivity contribution >= 4 is 11.6 Å². The Morgan fingerprint density at radius 2 is 1.96 bits per heavy atom. The van der Waals surface area contributed by atoms with Crippen LogP contribution in [-0.4, -0.2) is 42.5 Å². The molecule has 0 saturated heterocycles. The molecule has 130 valence electrons. The molecule has 0 aromatic heterocycles. The first-order valence-corrected chi connectivity index (χ1v) is 8.09. The van der Waals surface area contributed by atoms with E-state index in [-0.39, 0.29) is 16.5 Å².